The zero-order valence-corrected chi connectivity index (χ0v) is 12.0. The molecule has 2 aromatic rings. The van der Waals surface area contributed by atoms with Crippen molar-refractivity contribution in [3.63, 3.8) is 0 Å². The van der Waals surface area contributed by atoms with Crippen molar-refractivity contribution in [1.82, 2.24) is 0 Å². The number of benzene rings is 2. The van der Waals surface area contributed by atoms with E-state index in [1.165, 1.54) is 0 Å². The van der Waals surface area contributed by atoms with Crippen molar-refractivity contribution in [3.8, 4) is 0 Å². The standard InChI is InChI=1S/C17H14N2O4/c20-15(9-10-16(21)22)18-13-7-4-8-14(11-13)19-17(23)12-5-2-1-3-6-12/h1-11H,(H,18,20)(H,19,23)(H,21,22)/b10-9+. The Bertz CT molecular complexity index is 754. The lowest BCUT2D eigenvalue weighted by Crippen LogP contribution is -2.12. The molecule has 0 spiro atoms. The summed E-state index contributed by atoms with van der Waals surface area (Å²) in [6, 6.07) is 15.3. The summed E-state index contributed by atoms with van der Waals surface area (Å²) >= 11 is 0. The van der Waals surface area contributed by atoms with Gasteiger partial charge in [-0.2, -0.15) is 0 Å². The Morgan fingerprint density at radius 3 is 2.13 bits per heavy atom. The van der Waals surface area contributed by atoms with Gasteiger partial charge in [0.2, 0.25) is 5.91 Å². The van der Waals surface area contributed by atoms with Crippen LogP contribution in [-0.2, 0) is 9.59 Å². The van der Waals surface area contributed by atoms with E-state index in [2.05, 4.69) is 10.6 Å². The number of aliphatic carboxylic acids is 1. The summed E-state index contributed by atoms with van der Waals surface area (Å²) in [5.41, 5.74) is 1.47. The number of nitrogens with one attached hydrogen (secondary N) is 2. The van der Waals surface area contributed by atoms with Gasteiger partial charge < -0.3 is 15.7 Å². The van der Waals surface area contributed by atoms with Crippen LogP contribution in [0, 0.1) is 0 Å². The van der Waals surface area contributed by atoms with E-state index in [9.17, 15) is 14.4 Å². The van der Waals surface area contributed by atoms with Gasteiger partial charge in [0, 0.05) is 29.1 Å². The Kier molecular flexibility index (Phi) is 5.25. The first-order valence-electron chi connectivity index (χ1n) is 6.73. The van der Waals surface area contributed by atoms with E-state index in [1.54, 1.807) is 48.5 Å². The Hall–Kier alpha value is -3.41. The van der Waals surface area contributed by atoms with E-state index in [-0.39, 0.29) is 5.91 Å². The van der Waals surface area contributed by atoms with Crippen molar-refractivity contribution < 1.29 is 19.5 Å². The van der Waals surface area contributed by atoms with Crippen LogP contribution in [0.25, 0.3) is 0 Å². The van der Waals surface area contributed by atoms with E-state index in [0.29, 0.717) is 16.9 Å². The maximum Gasteiger partial charge on any atom is 0.328 e. The van der Waals surface area contributed by atoms with Crippen LogP contribution in [0.5, 0.6) is 0 Å². The molecule has 6 heteroatoms. The third-order valence-corrected chi connectivity index (χ3v) is 2.80. The molecule has 3 N–H and O–H groups in total. The van der Waals surface area contributed by atoms with Crippen molar-refractivity contribution >= 4 is 29.2 Å². The van der Waals surface area contributed by atoms with Gasteiger partial charge in [0.25, 0.3) is 5.91 Å². The molecule has 23 heavy (non-hydrogen) atoms. The molecular weight excluding hydrogens is 296 g/mol. The zero-order valence-electron chi connectivity index (χ0n) is 12.0. The molecule has 0 aliphatic heterocycles. The zero-order chi connectivity index (χ0) is 16.7. The minimum atomic E-state index is -1.20. The molecule has 2 rings (SSSR count). The van der Waals surface area contributed by atoms with Crippen LogP contribution in [0.1, 0.15) is 10.4 Å². The molecule has 0 fully saturated rings. The van der Waals surface area contributed by atoms with Crippen LogP contribution in [0.2, 0.25) is 0 Å². The second-order valence-corrected chi connectivity index (χ2v) is 4.56. The fourth-order valence-corrected chi connectivity index (χ4v) is 1.80. The molecule has 0 bridgehead atoms. The monoisotopic (exact) mass is 310 g/mol. The summed E-state index contributed by atoms with van der Waals surface area (Å²) < 4.78 is 0. The Balaban J connectivity index is 2.04. The Labute approximate surface area is 132 Å². The molecule has 0 aromatic heterocycles. The molecule has 6 nitrogen and oxygen atoms in total. The predicted molar refractivity (Wildman–Crippen MR) is 86.2 cm³/mol. The van der Waals surface area contributed by atoms with Crippen molar-refractivity contribution in [2.75, 3.05) is 10.6 Å². The van der Waals surface area contributed by atoms with E-state index in [1.807, 2.05) is 6.07 Å². The van der Waals surface area contributed by atoms with Gasteiger partial charge in [-0.15, -0.1) is 0 Å². The minimum Gasteiger partial charge on any atom is -0.478 e. The molecule has 0 aliphatic carbocycles. The van der Waals surface area contributed by atoms with Crippen molar-refractivity contribution in [2.45, 2.75) is 0 Å². The number of carboxylic acid groups (broad SMARTS) is 1. The molecule has 0 saturated carbocycles. The molecular formula is C17H14N2O4. The first kappa shape index (κ1) is 16.0. The summed E-state index contributed by atoms with van der Waals surface area (Å²) in [4.78, 5) is 33.9. The summed E-state index contributed by atoms with van der Waals surface area (Å²) in [6.45, 7) is 0. The first-order chi connectivity index (χ1) is 11.0. The molecule has 2 amide bonds. The van der Waals surface area contributed by atoms with Gasteiger partial charge in [0.15, 0.2) is 0 Å². The van der Waals surface area contributed by atoms with Gasteiger partial charge in [-0.1, -0.05) is 24.3 Å². The Morgan fingerprint density at radius 2 is 1.48 bits per heavy atom. The fourth-order valence-electron chi connectivity index (χ4n) is 1.80. The van der Waals surface area contributed by atoms with Crippen molar-refractivity contribution in [3.05, 3.63) is 72.3 Å². The topological polar surface area (TPSA) is 95.5 Å². The van der Waals surface area contributed by atoms with Gasteiger partial charge in [-0.3, -0.25) is 9.59 Å². The highest BCUT2D eigenvalue weighted by Crippen LogP contribution is 2.16. The minimum absolute atomic E-state index is 0.264. The number of carboxylic acids is 1. The maximum atomic E-state index is 12.1. The summed E-state index contributed by atoms with van der Waals surface area (Å²) in [7, 11) is 0. The second kappa shape index (κ2) is 7.56. The third kappa shape index (κ3) is 5.13. The average Bonchev–Trinajstić information content (AvgIpc) is 2.54. The number of anilines is 2. The molecule has 116 valence electrons. The highest BCUT2D eigenvalue weighted by molar-refractivity contribution is 6.05. The van der Waals surface area contributed by atoms with E-state index >= 15 is 0 Å². The number of hydrogen-bond donors (Lipinski definition) is 3. The lowest BCUT2D eigenvalue weighted by atomic mass is 10.2. The molecule has 0 radical (unpaired) electrons. The van der Waals surface area contributed by atoms with Crippen LogP contribution in [0.3, 0.4) is 0 Å². The highest BCUT2D eigenvalue weighted by Gasteiger charge is 2.06. The second-order valence-electron chi connectivity index (χ2n) is 4.56. The number of carbonyl (C=O) groups excluding carboxylic acids is 2. The van der Waals surface area contributed by atoms with E-state index in [4.69, 9.17) is 5.11 Å². The van der Waals surface area contributed by atoms with Crippen molar-refractivity contribution in [2.24, 2.45) is 0 Å². The molecule has 0 saturated heterocycles. The quantitative estimate of drug-likeness (QED) is 0.739. The molecule has 0 atom stereocenters. The number of rotatable bonds is 5. The van der Waals surface area contributed by atoms with Gasteiger partial charge in [-0.25, -0.2) is 4.79 Å². The summed E-state index contributed by atoms with van der Waals surface area (Å²) in [5.74, 6) is -2.04. The molecule has 0 heterocycles. The maximum absolute atomic E-state index is 12.1. The van der Waals surface area contributed by atoms with Crippen LogP contribution < -0.4 is 10.6 Å². The Morgan fingerprint density at radius 1 is 0.826 bits per heavy atom. The van der Waals surface area contributed by atoms with Crippen LogP contribution >= 0.6 is 0 Å². The predicted octanol–water partition coefficient (Wildman–Crippen LogP) is 2.52. The average molecular weight is 310 g/mol. The van der Waals surface area contributed by atoms with Crippen LogP contribution in [0.4, 0.5) is 11.4 Å². The summed E-state index contributed by atoms with van der Waals surface area (Å²) in [6.07, 6.45) is 1.66. The first-order valence-corrected chi connectivity index (χ1v) is 6.73. The lowest BCUT2D eigenvalue weighted by Gasteiger charge is -2.08. The van der Waals surface area contributed by atoms with Crippen molar-refractivity contribution in [1.29, 1.82) is 0 Å². The fraction of sp³-hybridized carbons (Fsp3) is 0. The van der Waals surface area contributed by atoms with Crippen LogP contribution in [-0.4, -0.2) is 22.9 Å². The lowest BCUT2D eigenvalue weighted by molar-refractivity contribution is -0.131. The van der Waals surface area contributed by atoms with Gasteiger partial charge in [0.05, 0.1) is 0 Å². The third-order valence-electron chi connectivity index (χ3n) is 2.80. The molecule has 0 aliphatic rings. The smallest absolute Gasteiger partial charge is 0.328 e. The number of hydrogen-bond acceptors (Lipinski definition) is 3. The number of amides is 2. The van der Waals surface area contributed by atoms with Gasteiger partial charge in [-0.05, 0) is 30.3 Å². The van der Waals surface area contributed by atoms with Crippen LogP contribution in [0.15, 0.2) is 66.7 Å². The normalized spacial score (nSPS) is 10.3. The van der Waals surface area contributed by atoms with E-state index in [0.717, 1.165) is 12.2 Å². The largest absolute Gasteiger partial charge is 0.478 e. The number of carbonyl (C=O) groups is 3. The van der Waals surface area contributed by atoms with Gasteiger partial charge >= 0.3 is 5.97 Å². The molecule has 0 unspecified atom stereocenters. The van der Waals surface area contributed by atoms with E-state index < -0.39 is 11.9 Å². The molecule has 2 aromatic carbocycles. The highest BCUT2D eigenvalue weighted by atomic mass is 16.4. The summed E-state index contributed by atoms with van der Waals surface area (Å²) in [5, 5.41) is 13.7. The SMILES string of the molecule is O=C(O)/C=C/C(=O)Nc1cccc(NC(=O)c2ccccc2)c1. The van der Waals surface area contributed by atoms with Gasteiger partial charge in [0.1, 0.15) is 0 Å².